The number of carbonyl (C=O) groups excluding carboxylic acids is 1. The summed E-state index contributed by atoms with van der Waals surface area (Å²) in [5.41, 5.74) is 2.08. The summed E-state index contributed by atoms with van der Waals surface area (Å²) >= 11 is 0. The van der Waals surface area contributed by atoms with Crippen LogP contribution >= 0.6 is 0 Å². The predicted molar refractivity (Wildman–Crippen MR) is 117 cm³/mol. The molecular weight excluding hydrogens is 402 g/mol. The predicted octanol–water partition coefficient (Wildman–Crippen LogP) is 2.67. The van der Waals surface area contributed by atoms with Gasteiger partial charge < -0.3 is 15.0 Å². The maximum absolute atomic E-state index is 12.5. The van der Waals surface area contributed by atoms with E-state index in [1.165, 1.54) is 28.6 Å². The number of nitrogens with one attached hydrogen (secondary N) is 1. The summed E-state index contributed by atoms with van der Waals surface area (Å²) in [4.78, 5) is 12.6. The Hall–Kier alpha value is -2.68. The van der Waals surface area contributed by atoms with Crippen LogP contribution in [0.5, 0.6) is 0 Å². The Morgan fingerprint density at radius 3 is 2.37 bits per heavy atom. The Bertz CT molecular complexity index is 1130. The van der Waals surface area contributed by atoms with E-state index in [2.05, 4.69) is 5.32 Å². The zero-order valence-electron chi connectivity index (χ0n) is 17.4. The molecule has 0 spiro atoms. The molecule has 8 heteroatoms. The van der Waals surface area contributed by atoms with E-state index in [4.69, 9.17) is 0 Å². The molecule has 0 aliphatic heterocycles. The van der Waals surface area contributed by atoms with Crippen LogP contribution in [0.15, 0.2) is 59.6 Å². The number of amides is 1. The SMILES string of the molecule is CCN(CC)S(=O)(=O)c1ccc(C(=O)NCC(O)c2cn(C)c3ccccc23)cc1. The normalized spacial score (nSPS) is 13.0. The van der Waals surface area contributed by atoms with E-state index in [1.807, 2.05) is 42.1 Å². The Labute approximate surface area is 177 Å². The largest absolute Gasteiger partial charge is 0.386 e. The van der Waals surface area contributed by atoms with E-state index in [-0.39, 0.29) is 17.3 Å². The summed E-state index contributed by atoms with van der Waals surface area (Å²) in [5.74, 6) is -0.374. The van der Waals surface area contributed by atoms with Crippen molar-refractivity contribution in [3.05, 3.63) is 65.9 Å². The zero-order valence-corrected chi connectivity index (χ0v) is 18.2. The first-order valence-electron chi connectivity index (χ1n) is 9.90. The van der Waals surface area contributed by atoms with Crippen LogP contribution in [0, 0.1) is 0 Å². The highest BCUT2D eigenvalue weighted by Crippen LogP contribution is 2.25. The first-order chi connectivity index (χ1) is 14.3. The number of aliphatic hydroxyl groups is 1. The second-order valence-electron chi connectivity index (χ2n) is 7.05. The van der Waals surface area contributed by atoms with Crippen molar-refractivity contribution in [2.45, 2.75) is 24.8 Å². The summed E-state index contributed by atoms with van der Waals surface area (Å²) in [6.45, 7) is 4.38. The summed E-state index contributed by atoms with van der Waals surface area (Å²) in [6.07, 6.45) is 0.997. The number of hydrogen-bond donors (Lipinski definition) is 2. The van der Waals surface area contributed by atoms with Gasteiger partial charge in [0.2, 0.25) is 10.0 Å². The third-order valence-electron chi connectivity index (χ3n) is 5.20. The molecule has 0 radical (unpaired) electrons. The van der Waals surface area contributed by atoms with Gasteiger partial charge in [-0.1, -0.05) is 32.0 Å². The van der Waals surface area contributed by atoms with E-state index in [0.29, 0.717) is 18.7 Å². The molecule has 1 aromatic heterocycles. The molecule has 0 bridgehead atoms. The van der Waals surface area contributed by atoms with Crippen LogP contribution in [-0.4, -0.2) is 47.9 Å². The maximum Gasteiger partial charge on any atom is 0.251 e. The number of sulfonamides is 1. The molecule has 1 unspecified atom stereocenters. The first kappa shape index (κ1) is 22.0. The van der Waals surface area contributed by atoms with Crippen molar-refractivity contribution in [3.63, 3.8) is 0 Å². The Kier molecular flexibility index (Phi) is 6.60. The van der Waals surface area contributed by atoms with Crippen molar-refractivity contribution in [1.82, 2.24) is 14.2 Å². The van der Waals surface area contributed by atoms with Crippen LogP contribution in [0.25, 0.3) is 10.9 Å². The van der Waals surface area contributed by atoms with Crippen molar-refractivity contribution in [2.24, 2.45) is 7.05 Å². The van der Waals surface area contributed by atoms with Gasteiger partial charge in [-0.05, 0) is 30.3 Å². The van der Waals surface area contributed by atoms with E-state index in [9.17, 15) is 18.3 Å². The minimum atomic E-state index is -3.56. The van der Waals surface area contributed by atoms with E-state index in [0.717, 1.165) is 16.5 Å². The third kappa shape index (κ3) is 4.26. The van der Waals surface area contributed by atoms with E-state index >= 15 is 0 Å². The fourth-order valence-electron chi connectivity index (χ4n) is 3.53. The fraction of sp³-hybridized carbons (Fsp3) is 0.318. The molecular formula is C22H27N3O4S. The average Bonchev–Trinajstić information content (AvgIpc) is 3.09. The van der Waals surface area contributed by atoms with Gasteiger partial charge >= 0.3 is 0 Å². The van der Waals surface area contributed by atoms with Gasteiger partial charge in [0.1, 0.15) is 0 Å². The van der Waals surface area contributed by atoms with Gasteiger partial charge in [0.15, 0.2) is 0 Å². The van der Waals surface area contributed by atoms with Crippen LogP contribution in [0.3, 0.4) is 0 Å². The lowest BCUT2D eigenvalue weighted by Crippen LogP contribution is -2.31. The summed E-state index contributed by atoms with van der Waals surface area (Å²) in [5, 5.41) is 14.2. The number of rotatable bonds is 8. The van der Waals surface area contributed by atoms with Crippen molar-refractivity contribution in [3.8, 4) is 0 Å². The number of para-hydroxylation sites is 1. The molecule has 3 rings (SSSR count). The van der Waals surface area contributed by atoms with Gasteiger partial charge in [0.25, 0.3) is 5.91 Å². The van der Waals surface area contributed by atoms with E-state index in [1.54, 1.807) is 13.8 Å². The lowest BCUT2D eigenvalue weighted by molar-refractivity contribution is 0.0917. The quantitative estimate of drug-likeness (QED) is 0.576. The number of carbonyl (C=O) groups is 1. The first-order valence-corrected chi connectivity index (χ1v) is 11.3. The standard InChI is InChI=1S/C22H27N3O4S/c1-4-25(5-2)30(28,29)17-12-10-16(11-13-17)22(27)23-14-21(26)19-15-24(3)20-9-7-6-8-18(19)20/h6-13,15,21,26H,4-5,14H2,1-3H3,(H,23,27). The summed E-state index contributed by atoms with van der Waals surface area (Å²) < 4.78 is 28.4. The van der Waals surface area contributed by atoms with Crippen LogP contribution in [0.1, 0.15) is 35.9 Å². The molecule has 2 aromatic carbocycles. The molecule has 0 aliphatic carbocycles. The van der Waals surface area contributed by atoms with Crippen molar-refractivity contribution < 1.29 is 18.3 Å². The minimum Gasteiger partial charge on any atom is -0.386 e. The smallest absolute Gasteiger partial charge is 0.251 e. The van der Waals surface area contributed by atoms with Crippen molar-refractivity contribution in [2.75, 3.05) is 19.6 Å². The Morgan fingerprint density at radius 1 is 1.10 bits per heavy atom. The number of aliphatic hydroxyl groups excluding tert-OH is 1. The topological polar surface area (TPSA) is 91.6 Å². The Balaban J connectivity index is 1.69. The molecule has 30 heavy (non-hydrogen) atoms. The molecule has 0 saturated heterocycles. The average molecular weight is 430 g/mol. The van der Waals surface area contributed by atoms with E-state index < -0.39 is 16.1 Å². The molecule has 1 heterocycles. The van der Waals surface area contributed by atoms with Gasteiger partial charge in [0.05, 0.1) is 11.0 Å². The molecule has 7 nitrogen and oxygen atoms in total. The van der Waals surface area contributed by atoms with Crippen molar-refractivity contribution >= 4 is 26.8 Å². The minimum absolute atomic E-state index is 0.0480. The van der Waals surface area contributed by atoms with Crippen LogP contribution in [-0.2, 0) is 17.1 Å². The molecule has 1 amide bonds. The number of benzene rings is 2. The van der Waals surface area contributed by atoms with Gasteiger partial charge in [0, 0.05) is 54.9 Å². The Morgan fingerprint density at radius 2 is 1.73 bits per heavy atom. The van der Waals surface area contributed by atoms with Gasteiger partial charge in [-0.25, -0.2) is 8.42 Å². The van der Waals surface area contributed by atoms with Crippen LogP contribution in [0.2, 0.25) is 0 Å². The molecule has 3 aromatic rings. The lowest BCUT2D eigenvalue weighted by Gasteiger charge is -2.18. The monoisotopic (exact) mass is 429 g/mol. The number of aromatic nitrogens is 1. The highest BCUT2D eigenvalue weighted by Gasteiger charge is 2.22. The number of aryl methyl sites for hydroxylation is 1. The van der Waals surface area contributed by atoms with Crippen LogP contribution < -0.4 is 5.32 Å². The molecule has 2 N–H and O–H groups in total. The van der Waals surface area contributed by atoms with Gasteiger partial charge in [-0.2, -0.15) is 4.31 Å². The second-order valence-corrected chi connectivity index (χ2v) is 8.99. The third-order valence-corrected chi connectivity index (χ3v) is 7.27. The number of fused-ring (bicyclic) bond motifs is 1. The summed E-state index contributed by atoms with van der Waals surface area (Å²) in [7, 11) is -1.66. The zero-order chi connectivity index (χ0) is 21.9. The second kappa shape index (κ2) is 8.99. The molecule has 0 aliphatic rings. The number of nitrogens with zero attached hydrogens (tertiary/aromatic N) is 2. The summed E-state index contributed by atoms with van der Waals surface area (Å²) in [6, 6.07) is 13.6. The highest BCUT2D eigenvalue weighted by atomic mass is 32.2. The molecule has 160 valence electrons. The lowest BCUT2D eigenvalue weighted by atomic mass is 10.1. The maximum atomic E-state index is 12.5. The molecule has 1 atom stereocenters. The molecule has 0 saturated carbocycles. The fourth-order valence-corrected chi connectivity index (χ4v) is 4.99. The number of hydrogen-bond acceptors (Lipinski definition) is 4. The van der Waals surface area contributed by atoms with Gasteiger partial charge in [-0.3, -0.25) is 4.79 Å². The highest BCUT2D eigenvalue weighted by molar-refractivity contribution is 7.89. The molecule has 0 fully saturated rings. The van der Waals surface area contributed by atoms with Crippen LogP contribution in [0.4, 0.5) is 0 Å². The van der Waals surface area contributed by atoms with Crippen molar-refractivity contribution in [1.29, 1.82) is 0 Å². The van der Waals surface area contributed by atoms with Gasteiger partial charge in [-0.15, -0.1) is 0 Å².